The molecule has 0 amide bonds. The highest BCUT2D eigenvalue weighted by Gasteiger charge is 1.75. The van der Waals surface area contributed by atoms with Crippen LogP contribution in [0.5, 0.6) is 0 Å². The molecule has 0 aliphatic rings. The van der Waals surface area contributed by atoms with Crippen LogP contribution in [0.25, 0.3) is 0 Å². The van der Waals surface area contributed by atoms with Crippen molar-refractivity contribution in [3.8, 4) is 0 Å². The Hall–Kier alpha value is -1.90. The van der Waals surface area contributed by atoms with Gasteiger partial charge in [-0.2, -0.15) is 5.10 Å². The summed E-state index contributed by atoms with van der Waals surface area (Å²) >= 11 is 0. The minimum atomic E-state index is 0.856. The second kappa shape index (κ2) is 14.1. The van der Waals surface area contributed by atoms with Crippen molar-refractivity contribution >= 4 is 0 Å². The van der Waals surface area contributed by atoms with Crippen LogP contribution < -0.4 is 0 Å². The van der Waals surface area contributed by atoms with Crippen LogP contribution in [0.15, 0.2) is 55.4 Å². The lowest BCUT2D eigenvalue weighted by Gasteiger charge is -1.83. The molecule has 1 rings (SSSR count). The highest BCUT2D eigenvalue weighted by Crippen LogP contribution is 1.93. The van der Waals surface area contributed by atoms with E-state index in [0.29, 0.717) is 0 Å². The molecule has 1 aromatic rings. The summed E-state index contributed by atoms with van der Waals surface area (Å²) in [5.74, 6) is 0.856. The first-order valence-electron chi connectivity index (χ1n) is 5.61. The summed E-state index contributed by atoms with van der Waals surface area (Å²) in [7, 11) is 0. The van der Waals surface area contributed by atoms with E-state index in [0.717, 1.165) is 5.82 Å². The number of allylic oxidation sites excluding steroid dienone is 6. The molecule has 0 atom stereocenters. The number of hydrogen-bond donors (Lipinski definition) is 1. The van der Waals surface area contributed by atoms with Gasteiger partial charge in [0, 0.05) is 0 Å². The Morgan fingerprint density at radius 2 is 1.94 bits per heavy atom. The molecule has 3 nitrogen and oxygen atoms in total. The lowest BCUT2D eigenvalue weighted by molar-refractivity contribution is 1.04. The quantitative estimate of drug-likeness (QED) is 0.802. The molecule has 0 saturated carbocycles. The van der Waals surface area contributed by atoms with Crippen molar-refractivity contribution in [2.75, 3.05) is 0 Å². The van der Waals surface area contributed by atoms with E-state index in [4.69, 9.17) is 0 Å². The zero-order valence-electron chi connectivity index (χ0n) is 11.3. The first-order valence-corrected chi connectivity index (χ1v) is 5.61. The molecule has 0 fully saturated rings. The number of aromatic nitrogens is 3. The van der Waals surface area contributed by atoms with Crippen molar-refractivity contribution in [2.24, 2.45) is 0 Å². The molecule has 0 saturated heterocycles. The Bertz CT molecular complexity index is 332. The maximum absolute atomic E-state index is 3.75. The van der Waals surface area contributed by atoms with Crippen molar-refractivity contribution in [1.29, 1.82) is 0 Å². The fraction of sp³-hybridized carbons (Fsp3) is 0.286. The summed E-state index contributed by atoms with van der Waals surface area (Å²) in [5, 5.41) is 6.22. The topological polar surface area (TPSA) is 41.6 Å². The van der Waals surface area contributed by atoms with Gasteiger partial charge in [0.1, 0.15) is 12.2 Å². The summed E-state index contributed by atoms with van der Waals surface area (Å²) in [5.41, 5.74) is 1.19. The van der Waals surface area contributed by atoms with E-state index in [1.165, 1.54) is 11.9 Å². The average molecular weight is 233 g/mol. The summed E-state index contributed by atoms with van der Waals surface area (Å²) in [4.78, 5) is 3.75. The van der Waals surface area contributed by atoms with Crippen molar-refractivity contribution in [1.82, 2.24) is 15.2 Å². The Morgan fingerprint density at radius 1 is 1.29 bits per heavy atom. The zero-order chi connectivity index (χ0) is 13.5. The number of rotatable bonds is 3. The molecule has 1 N–H and O–H groups in total. The predicted molar refractivity (Wildman–Crippen MR) is 75.8 cm³/mol. The third-order valence-electron chi connectivity index (χ3n) is 1.41. The van der Waals surface area contributed by atoms with Crippen LogP contribution in [0.3, 0.4) is 0 Å². The fourth-order valence-corrected chi connectivity index (χ4v) is 0.728. The van der Waals surface area contributed by atoms with Crippen molar-refractivity contribution < 1.29 is 0 Å². The zero-order valence-corrected chi connectivity index (χ0v) is 11.3. The minimum absolute atomic E-state index is 0.856. The minimum Gasteiger partial charge on any atom is -0.264 e. The van der Waals surface area contributed by atoms with Gasteiger partial charge in [0.2, 0.25) is 0 Å². The molecular formula is C14H23N3. The monoisotopic (exact) mass is 233 g/mol. The molecule has 1 aromatic heterocycles. The molecule has 0 bridgehead atoms. The molecule has 1 heterocycles. The molecule has 0 aromatic carbocycles. The summed E-state index contributed by atoms with van der Waals surface area (Å²) in [6, 6.07) is 0. The van der Waals surface area contributed by atoms with E-state index < -0.39 is 0 Å². The van der Waals surface area contributed by atoms with E-state index >= 15 is 0 Å². The van der Waals surface area contributed by atoms with Gasteiger partial charge in [-0.25, -0.2) is 4.98 Å². The van der Waals surface area contributed by atoms with Gasteiger partial charge in [0.15, 0.2) is 0 Å². The van der Waals surface area contributed by atoms with Crippen molar-refractivity contribution in [2.45, 2.75) is 27.7 Å². The van der Waals surface area contributed by atoms with Crippen LogP contribution in [0.1, 0.15) is 26.6 Å². The average Bonchev–Trinajstić information content (AvgIpc) is 2.81. The third kappa shape index (κ3) is 14.1. The molecule has 0 radical (unpaired) electrons. The normalized spacial score (nSPS) is 9.76. The van der Waals surface area contributed by atoms with Crippen LogP contribution in [0.2, 0.25) is 0 Å². The SMILES string of the molecule is C=C/C=C\C(C)=C/C=C.CC.Cc1ncn[nH]1. The van der Waals surface area contributed by atoms with Gasteiger partial charge >= 0.3 is 0 Å². The standard InChI is InChI=1S/C9H12.C3H5N3.C2H6/c1-4-6-8-9(3)7-5-2;1-3-4-2-5-6-3;1-2/h4-8H,1-2H2,3H3;2H,1H3,(H,4,5,6);1-2H3/b8-6-,9-7-;;. The van der Waals surface area contributed by atoms with Gasteiger partial charge < -0.3 is 0 Å². The Labute approximate surface area is 105 Å². The summed E-state index contributed by atoms with van der Waals surface area (Å²) in [6.45, 7) is 15.0. The first kappa shape index (κ1) is 17.5. The molecule has 17 heavy (non-hydrogen) atoms. The molecular weight excluding hydrogens is 210 g/mol. The van der Waals surface area contributed by atoms with Gasteiger partial charge in [-0.15, -0.1) is 0 Å². The van der Waals surface area contributed by atoms with Gasteiger partial charge in [0.05, 0.1) is 0 Å². The van der Waals surface area contributed by atoms with Gasteiger partial charge in [-0.3, -0.25) is 5.10 Å². The van der Waals surface area contributed by atoms with E-state index in [1.54, 1.807) is 12.2 Å². The van der Waals surface area contributed by atoms with Crippen LogP contribution in [-0.4, -0.2) is 15.2 Å². The van der Waals surface area contributed by atoms with Crippen molar-refractivity contribution in [3.05, 3.63) is 61.3 Å². The Balaban J connectivity index is 0. The van der Waals surface area contributed by atoms with Gasteiger partial charge in [-0.1, -0.05) is 63.0 Å². The second-order valence-corrected chi connectivity index (χ2v) is 2.81. The molecule has 3 heteroatoms. The van der Waals surface area contributed by atoms with Crippen LogP contribution in [0, 0.1) is 6.92 Å². The Kier molecular flexibility index (Phi) is 14.5. The van der Waals surface area contributed by atoms with E-state index in [2.05, 4.69) is 28.3 Å². The highest BCUT2D eigenvalue weighted by atomic mass is 15.2. The Morgan fingerprint density at radius 3 is 2.24 bits per heavy atom. The predicted octanol–water partition coefficient (Wildman–Crippen LogP) is 4.00. The maximum Gasteiger partial charge on any atom is 0.137 e. The van der Waals surface area contributed by atoms with E-state index in [1.807, 2.05) is 45.9 Å². The maximum atomic E-state index is 3.75. The van der Waals surface area contributed by atoms with E-state index in [9.17, 15) is 0 Å². The van der Waals surface area contributed by atoms with Crippen molar-refractivity contribution in [3.63, 3.8) is 0 Å². The number of nitrogens with zero attached hydrogens (tertiary/aromatic N) is 2. The highest BCUT2D eigenvalue weighted by molar-refractivity contribution is 5.22. The summed E-state index contributed by atoms with van der Waals surface area (Å²) in [6.07, 6.45) is 10.8. The molecule has 0 aliphatic heterocycles. The fourth-order valence-electron chi connectivity index (χ4n) is 0.728. The lowest BCUT2D eigenvalue weighted by atomic mass is 10.2. The largest absolute Gasteiger partial charge is 0.264 e. The number of hydrogen-bond acceptors (Lipinski definition) is 2. The first-order chi connectivity index (χ1) is 8.20. The number of aryl methyl sites for hydroxylation is 1. The number of aromatic amines is 1. The van der Waals surface area contributed by atoms with Gasteiger partial charge in [-0.05, 0) is 13.8 Å². The second-order valence-electron chi connectivity index (χ2n) is 2.81. The molecule has 0 unspecified atom stereocenters. The van der Waals surface area contributed by atoms with Crippen LogP contribution >= 0.6 is 0 Å². The van der Waals surface area contributed by atoms with Crippen LogP contribution in [0.4, 0.5) is 0 Å². The van der Waals surface area contributed by atoms with Crippen LogP contribution in [-0.2, 0) is 0 Å². The van der Waals surface area contributed by atoms with E-state index in [-0.39, 0.29) is 0 Å². The molecule has 0 aliphatic carbocycles. The molecule has 94 valence electrons. The smallest absolute Gasteiger partial charge is 0.137 e. The third-order valence-corrected chi connectivity index (χ3v) is 1.41. The van der Waals surface area contributed by atoms with Gasteiger partial charge in [0.25, 0.3) is 0 Å². The lowest BCUT2D eigenvalue weighted by Crippen LogP contribution is -1.68. The summed E-state index contributed by atoms with van der Waals surface area (Å²) < 4.78 is 0. The molecule has 0 spiro atoms. The number of nitrogens with one attached hydrogen (secondary N) is 1. The number of H-pyrrole nitrogens is 1.